The lowest BCUT2D eigenvalue weighted by Crippen LogP contribution is -2.56. The van der Waals surface area contributed by atoms with E-state index >= 15 is 0 Å². The zero-order valence-electron chi connectivity index (χ0n) is 14.9. The molecular formula is C17H17F3N2O5S. The molecule has 0 amide bonds. The number of alkyl halides is 3. The summed E-state index contributed by atoms with van der Waals surface area (Å²) in [6.07, 6.45) is -4.19. The first-order valence-corrected chi connectivity index (χ1v) is 9.52. The molecule has 3 rings (SSSR count). The molecule has 1 aromatic heterocycles. The monoisotopic (exact) mass is 418 g/mol. The van der Waals surface area contributed by atoms with Gasteiger partial charge in [0, 0.05) is 12.3 Å². The van der Waals surface area contributed by atoms with E-state index < -0.39 is 33.7 Å². The van der Waals surface area contributed by atoms with Crippen molar-refractivity contribution in [3.8, 4) is 17.4 Å². The third-order valence-corrected chi connectivity index (χ3v) is 6.01. The molecular weight excluding hydrogens is 401 g/mol. The van der Waals surface area contributed by atoms with Crippen LogP contribution < -0.4 is 14.2 Å². The number of hydrogen-bond donors (Lipinski definition) is 0. The van der Waals surface area contributed by atoms with Gasteiger partial charge in [-0.25, -0.2) is 13.4 Å². The molecule has 11 heteroatoms. The van der Waals surface area contributed by atoms with Crippen LogP contribution >= 0.6 is 0 Å². The highest BCUT2D eigenvalue weighted by molar-refractivity contribution is 7.89. The summed E-state index contributed by atoms with van der Waals surface area (Å²) < 4.78 is 81.2. The Balaban J connectivity index is 1.75. The van der Waals surface area contributed by atoms with Gasteiger partial charge in [0.2, 0.25) is 15.9 Å². The van der Waals surface area contributed by atoms with Crippen LogP contribution in [0.4, 0.5) is 13.2 Å². The predicted molar refractivity (Wildman–Crippen MR) is 92.0 cm³/mol. The first kappa shape index (κ1) is 20.2. The number of aromatic nitrogens is 1. The van der Waals surface area contributed by atoms with Gasteiger partial charge < -0.3 is 14.2 Å². The van der Waals surface area contributed by atoms with Crippen LogP contribution in [-0.4, -0.2) is 51.1 Å². The molecule has 1 aliphatic rings. The standard InChI is InChI=1S/C17H17F3N2O5S/c1-25-11-5-6-14(26-2)15(8-11)28(23,24)22-9-12(10-22)27-16-13(17(18,19)20)4-3-7-21-16/h3-8,12H,9-10H2,1-2H3. The number of nitrogens with zero attached hydrogens (tertiary/aromatic N) is 2. The number of halogens is 3. The number of benzene rings is 1. The normalized spacial score (nSPS) is 15.8. The Labute approximate surface area is 159 Å². The minimum absolute atomic E-state index is 0.0957. The highest BCUT2D eigenvalue weighted by Gasteiger charge is 2.42. The Morgan fingerprint density at radius 2 is 1.86 bits per heavy atom. The van der Waals surface area contributed by atoms with E-state index in [0.29, 0.717) is 5.75 Å². The quantitative estimate of drug-likeness (QED) is 0.718. The van der Waals surface area contributed by atoms with Crippen molar-refractivity contribution in [2.45, 2.75) is 17.2 Å². The topological polar surface area (TPSA) is 78.0 Å². The summed E-state index contributed by atoms with van der Waals surface area (Å²) in [4.78, 5) is 3.52. The summed E-state index contributed by atoms with van der Waals surface area (Å²) in [5, 5.41) is 0. The van der Waals surface area contributed by atoms with Crippen molar-refractivity contribution < 1.29 is 35.8 Å². The highest BCUT2D eigenvalue weighted by Crippen LogP contribution is 2.37. The Morgan fingerprint density at radius 3 is 2.46 bits per heavy atom. The summed E-state index contributed by atoms with van der Waals surface area (Å²) >= 11 is 0. The molecule has 0 radical (unpaired) electrons. The van der Waals surface area contributed by atoms with Crippen LogP contribution in [0.3, 0.4) is 0 Å². The van der Waals surface area contributed by atoms with Gasteiger partial charge in [-0.2, -0.15) is 17.5 Å². The molecule has 0 bridgehead atoms. The second-order valence-electron chi connectivity index (χ2n) is 5.93. The number of pyridine rings is 1. The molecule has 152 valence electrons. The van der Waals surface area contributed by atoms with Crippen LogP contribution in [-0.2, 0) is 16.2 Å². The third-order valence-electron chi connectivity index (χ3n) is 4.16. The molecule has 2 heterocycles. The molecule has 7 nitrogen and oxygen atoms in total. The van der Waals surface area contributed by atoms with Crippen molar-refractivity contribution in [3.63, 3.8) is 0 Å². The minimum atomic E-state index is -4.62. The lowest BCUT2D eigenvalue weighted by Gasteiger charge is -2.38. The Morgan fingerprint density at radius 1 is 1.14 bits per heavy atom. The number of ether oxygens (including phenoxy) is 3. The van der Waals surface area contributed by atoms with Gasteiger partial charge in [-0.15, -0.1) is 0 Å². The zero-order valence-corrected chi connectivity index (χ0v) is 15.7. The van der Waals surface area contributed by atoms with E-state index in [1.165, 1.54) is 32.5 Å². The molecule has 1 aromatic carbocycles. The van der Waals surface area contributed by atoms with E-state index in [2.05, 4.69) is 4.98 Å². The van der Waals surface area contributed by atoms with Gasteiger partial charge in [-0.05, 0) is 24.3 Å². The lowest BCUT2D eigenvalue weighted by atomic mass is 10.2. The van der Waals surface area contributed by atoms with Crippen molar-refractivity contribution in [1.82, 2.24) is 9.29 Å². The molecule has 0 aliphatic carbocycles. The van der Waals surface area contributed by atoms with Crippen molar-refractivity contribution >= 4 is 10.0 Å². The molecule has 0 atom stereocenters. The van der Waals surface area contributed by atoms with Crippen LogP contribution in [0.15, 0.2) is 41.4 Å². The van der Waals surface area contributed by atoms with Gasteiger partial charge in [-0.3, -0.25) is 0 Å². The average molecular weight is 418 g/mol. The molecule has 0 N–H and O–H groups in total. The van der Waals surface area contributed by atoms with Gasteiger partial charge in [0.05, 0.1) is 27.3 Å². The molecule has 1 aliphatic heterocycles. The number of methoxy groups -OCH3 is 2. The maximum absolute atomic E-state index is 13.0. The fourth-order valence-electron chi connectivity index (χ4n) is 2.65. The molecule has 0 unspecified atom stereocenters. The van der Waals surface area contributed by atoms with Crippen molar-refractivity contribution in [3.05, 3.63) is 42.1 Å². The smallest absolute Gasteiger partial charge is 0.421 e. The van der Waals surface area contributed by atoms with E-state index in [4.69, 9.17) is 14.2 Å². The largest absolute Gasteiger partial charge is 0.497 e. The maximum Gasteiger partial charge on any atom is 0.421 e. The van der Waals surface area contributed by atoms with E-state index in [1.54, 1.807) is 6.07 Å². The van der Waals surface area contributed by atoms with Crippen LogP contribution in [0, 0.1) is 0 Å². The van der Waals surface area contributed by atoms with E-state index in [-0.39, 0.29) is 23.7 Å². The van der Waals surface area contributed by atoms with Crippen molar-refractivity contribution in [2.75, 3.05) is 27.3 Å². The van der Waals surface area contributed by atoms with Crippen LogP contribution in [0.5, 0.6) is 17.4 Å². The fraction of sp³-hybridized carbons (Fsp3) is 0.353. The summed E-state index contributed by atoms with van der Waals surface area (Å²) in [6, 6.07) is 6.35. The van der Waals surface area contributed by atoms with Crippen LogP contribution in [0.25, 0.3) is 0 Å². The van der Waals surface area contributed by atoms with Gasteiger partial charge >= 0.3 is 6.18 Å². The van der Waals surface area contributed by atoms with Crippen LogP contribution in [0.1, 0.15) is 5.56 Å². The first-order chi connectivity index (χ1) is 13.2. The summed E-state index contributed by atoms with van der Waals surface area (Å²) in [5.41, 5.74) is -1.01. The molecule has 2 aromatic rings. The number of hydrogen-bond acceptors (Lipinski definition) is 6. The Kier molecular flexibility index (Phi) is 5.39. The molecule has 1 fully saturated rings. The zero-order chi connectivity index (χ0) is 20.5. The molecule has 0 spiro atoms. The summed E-state index contributed by atoms with van der Waals surface area (Å²) in [7, 11) is -1.20. The Bertz CT molecular complexity index is 960. The van der Waals surface area contributed by atoms with Gasteiger partial charge in [0.1, 0.15) is 28.1 Å². The Hall–Kier alpha value is -2.53. The fourth-order valence-corrected chi connectivity index (χ4v) is 4.33. The van der Waals surface area contributed by atoms with Crippen molar-refractivity contribution in [1.29, 1.82) is 0 Å². The molecule has 1 saturated heterocycles. The maximum atomic E-state index is 13.0. The number of rotatable bonds is 6. The lowest BCUT2D eigenvalue weighted by molar-refractivity contribution is -0.140. The summed E-state index contributed by atoms with van der Waals surface area (Å²) in [6.45, 7) is -0.229. The van der Waals surface area contributed by atoms with Gasteiger partial charge in [-0.1, -0.05) is 0 Å². The predicted octanol–water partition coefficient (Wildman–Crippen LogP) is 2.57. The van der Waals surface area contributed by atoms with E-state index in [9.17, 15) is 21.6 Å². The second-order valence-corrected chi connectivity index (χ2v) is 7.84. The summed E-state index contributed by atoms with van der Waals surface area (Å²) in [5.74, 6) is -0.110. The highest BCUT2D eigenvalue weighted by atomic mass is 32.2. The minimum Gasteiger partial charge on any atom is -0.497 e. The van der Waals surface area contributed by atoms with Gasteiger partial charge in [0.25, 0.3) is 0 Å². The van der Waals surface area contributed by atoms with Gasteiger partial charge in [0.15, 0.2) is 0 Å². The first-order valence-electron chi connectivity index (χ1n) is 8.08. The van der Waals surface area contributed by atoms with E-state index in [1.807, 2.05) is 0 Å². The van der Waals surface area contributed by atoms with Crippen LogP contribution in [0.2, 0.25) is 0 Å². The van der Waals surface area contributed by atoms with E-state index in [0.717, 1.165) is 16.4 Å². The second kappa shape index (κ2) is 7.47. The third kappa shape index (κ3) is 3.85. The SMILES string of the molecule is COc1ccc(OC)c(S(=O)(=O)N2CC(Oc3ncccc3C(F)(F)F)C2)c1. The molecule has 28 heavy (non-hydrogen) atoms. The average Bonchev–Trinajstić information content (AvgIpc) is 2.63. The van der Waals surface area contributed by atoms with Crippen molar-refractivity contribution in [2.24, 2.45) is 0 Å². The number of sulfonamides is 1. The molecule has 0 saturated carbocycles.